The molecule has 0 aliphatic heterocycles. The molecule has 0 bridgehead atoms. The molecule has 5 nitrogen and oxygen atoms in total. The van der Waals surface area contributed by atoms with E-state index in [1.54, 1.807) is 0 Å². The SMILES string of the molecule is CC(C)c1cc(-c2ccccc2)cc(C(C)C)c1-n1c(-c2[c-]ccc3c2oc2cc4c(ccc5ccccc54)cc23)nc2ccccc21.C[Si](C)(C)c1cnc(-c2[c-]cccc2)nc1.[Ir]. The summed E-state index contributed by atoms with van der Waals surface area (Å²) >= 11 is 0. The summed E-state index contributed by atoms with van der Waals surface area (Å²) in [4.78, 5) is 14.1. The summed E-state index contributed by atoms with van der Waals surface area (Å²) < 4.78 is 9.20. The summed E-state index contributed by atoms with van der Waals surface area (Å²) in [5.74, 6) is 2.15. The van der Waals surface area contributed by atoms with Crippen molar-refractivity contribution in [2.24, 2.45) is 0 Å². The minimum absolute atomic E-state index is 0. The Balaban J connectivity index is 0.000000266. The first-order valence-corrected chi connectivity index (χ1v) is 25.7. The van der Waals surface area contributed by atoms with Gasteiger partial charge in [-0.3, -0.25) is 15.0 Å². The van der Waals surface area contributed by atoms with Crippen LogP contribution in [0.3, 0.4) is 0 Å². The van der Waals surface area contributed by atoms with Gasteiger partial charge in [-0.05, 0) is 97.2 Å². The molecule has 7 heteroatoms. The molecule has 0 aliphatic rings. The van der Waals surface area contributed by atoms with Gasteiger partial charge in [0.1, 0.15) is 5.58 Å². The number of para-hydroxylation sites is 2. The second kappa shape index (κ2) is 17.8. The van der Waals surface area contributed by atoms with E-state index >= 15 is 0 Å². The fourth-order valence-corrected chi connectivity index (χ4v) is 9.73. The van der Waals surface area contributed by atoms with E-state index in [-0.39, 0.29) is 31.9 Å². The molecule has 0 amide bonds. The zero-order chi connectivity index (χ0) is 44.1. The predicted octanol–water partition coefficient (Wildman–Crippen LogP) is 15.1. The Bertz CT molecular complexity index is 3450. The van der Waals surface area contributed by atoms with Crippen LogP contribution in [-0.2, 0) is 20.1 Å². The number of imidazole rings is 1. The second-order valence-electron chi connectivity index (χ2n) is 18.3. The van der Waals surface area contributed by atoms with Crippen LogP contribution in [-0.4, -0.2) is 27.6 Å². The summed E-state index contributed by atoms with van der Waals surface area (Å²) in [5, 5.41) is 8.30. The van der Waals surface area contributed by atoms with Gasteiger partial charge in [0.05, 0.1) is 36.3 Å². The number of fused-ring (bicyclic) bond motifs is 7. The number of hydrogen-bond donors (Lipinski definition) is 0. The monoisotopic (exact) mass is 1040 g/mol. The van der Waals surface area contributed by atoms with Gasteiger partial charge in [-0.2, -0.15) is 0 Å². The zero-order valence-corrected chi connectivity index (χ0v) is 41.2. The zero-order valence-electron chi connectivity index (χ0n) is 37.8. The summed E-state index contributed by atoms with van der Waals surface area (Å²) in [5.41, 5.74) is 11.8. The van der Waals surface area contributed by atoms with Gasteiger partial charge in [-0.25, -0.2) is 0 Å². The molecule has 3 aromatic heterocycles. The first-order chi connectivity index (χ1) is 31.0. The molecular formula is C58H50IrN4OSi-2. The van der Waals surface area contributed by atoms with Crippen molar-refractivity contribution in [1.29, 1.82) is 0 Å². The standard InChI is InChI=1S/C45H35N2O.C13H15N2Si.Ir/c1-27(2)36-24-32(29-13-6-5-7-14-29)25-37(28(3)4)43(36)47-41-20-11-10-19-40(41)46-45(47)35-18-12-17-34-39-23-31-22-21-30-15-8-9-16-33(30)38(31)26-42(39)48-44(34)35;1-16(2,3)12-9-14-13(15-10-12)11-7-5-4-6-8-11;/h5-17,19-28H,1-4H3;4-7,9-10H,1-3H3;/q2*-1;. The van der Waals surface area contributed by atoms with Crippen molar-refractivity contribution in [2.45, 2.75) is 59.2 Å². The van der Waals surface area contributed by atoms with Gasteiger partial charge >= 0.3 is 0 Å². The Morgan fingerprint density at radius 3 is 1.97 bits per heavy atom. The molecule has 11 aromatic rings. The minimum atomic E-state index is -1.29. The molecule has 0 fully saturated rings. The van der Waals surface area contributed by atoms with E-state index in [0.717, 1.165) is 55.7 Å². The van der Waals surface area contributed by atoms with Crippen LogP contribution in [0.25, 0.3) is 94.1 Å². The number of furan rings is 1. The van der Waals surface area contributed by atoms with Gasteiger partial charge in [0.15, 0.2) is 0 Å². The van der Waals surface area contributed by atoms with Gasteiger partial charge in [0, 0.05) is 43.6 Å². The largest absolute Gasteiger partial charge is 0.501 e. The van der Waals surface area contributed by atoms with Crippen LogP contribution in [0, 0.1) is 12.1 Å². The Labute approximate surface area is 395 Å². The molecular weight excluding hydrogens is 989 g/mol. The fraction of sp³-hybridized carbons (Fsp3) is 0.155. The van der Waals surface area contributed by atoms with Gasteiger partial charge in [-0.15, -0.1) is 54.1 Å². The van der Waals surface area contributed by atoms with Gasteiger partial charge in [-0.1, -0.05) is 137 Å². The molecule has 3 heterocycles. The van der Waals surface area contributed by atoms with Crippen LogP contribution >= 0.6 is 0 Å². The van der Waals surface area contributed by atoms with Crippen LogP contribution in [0.4, 0.5) is 0 Å². The van der Waals surface area contributed by atoms with Crippen molar-refractivity contribution in [3.05, 3.63) is 187 Å². The molecule has 0 saturated carbocycles. The second-order valence-corrected chi connectivity index (χ2v) is 23.4. The quantitative estimate of drug-likeness (QED) is 0.0907. The Morgan fingerprint density at radius 1 is 0.585 bits per heavy atom. The van der Waals surface area contributed by atoms with Gasteiger partial charge in [0.25, 0.3) is 0 Å². The van der Waals surface area contributed by atoms with Crippen molar-refractivity contribution in [1.82, 2.24) is 19.5 Å². The normalized spacial score (nSPS) is 11.8. The summed E-state index contributed by atoms with van der Waals surface area (Å²) in [6, 6.07) is 60.0. The van der Waals surface area contributed by atoms with Crippen LogP contribution < -0.4 is 5.19 Å². The van der Waals surface area contributed by atoms with Crippen LogP contribution in [0.15, 0.2) is 168 Å². The predicted molar refractivity (Wildman–Crippen MR) is 271 cm³/mol. The Morgan fingerprint density at radius 2 is 1.26 bits per heavy atom. The summed E-state index contributed by atoms with van der Waals surface area (Å²) in [7, 11) is -1.29. The van der Waals surface area contributed by atoms with E-state index in [1.807, 2.05) is 42.7 Å². The van der Waals surface area contributed by atoms with E-state index in [0.29, 0.717) is 0 Å². The number of hydrogen-bond acceptors (Lipinski definition) is 4. The topological polar surface area (TPSA) is 56.7 Å². The average molecular weight is 1040 g/mol. The van der Waals surface area contributed by atoms with Crippen molar-refractivity contribution < 1.29 is 24.5 Å². The maximum Gasteiger partial charge on any atom is 0.121 e. The smallest absolute Gasteiger partial charge is 0.121 e. The van der Waals surface area contributed by atoms with E-state index in [1.165, 1.54) is 54.7 Å². The van der Waals surface area contributed by atoms with Crippen molar-refractivity contribution in [3.8, 4) is 39.6 Å². The first-order valence-electron chi connectivity index (χ1n) is 22.2. The van der Waals surface area contributed by atoms with E-state index in [4.69, 9.17) is 9.40 Å². The van der Waals surface area contributed by atoms with Gasteiger partial charge in [0.2, 0.25) is 0 Å². The van der Waals surface area contributed by atoms with Crippen LogP contribution in [0.2, 0.25) is 19.6 Å². The molecule has 0 N–H and O–H groups in total. The van der Waals surface area contributed by atoms with Crippen molar-refractivity contribution in [3.63, 3.8) is 0 Å². The molecule has 0 spiro atoms. The molecule has 0 atom stereocenters. The molecule has 11 rings (SSSR count). The minimum Gasteiger partial charge on any atom is -0.501 e. The molecule has 0 aliphatic carbocycles. The third-order valence-electron chi connectivity index (χ3n) is 12.3. The Kier molecular flexibility index (Phi) is 12.0. The average Bonchev–Trinajstić information content (AvgIpc) is 3.89. The number of aromatic nitrogens is 4. The maximum absolute atomic E-state index is 6.83. The third-order valence-corrected chi connectivity index (χ3v) is 14.3. The first kappa shape index (κ1) is 43.7. The molecule has 0 saturated heterocycles. The summed E-state index contributed by atoms with van der Waals surface area (Å²) in [6.45, 7) is 16.0. The third kappa shape index (κ3) is 8.25. The van der Waals surface area contributed by atoms with Crippen LogP contribution in [0.1, 0.15) is 50.7 Å². The van der Waals surface area contributed by atoms with Crippen LogP contribution in [0.5, 0.6) is 0 Å². The molecule has 1 radical (unpaired) electrons. The van der Waals surface area contributed by atoms with E-state index < -0.39 is 8.07 Å². The molecule has 8 aromatic carbocycles. The number of benzene rings is 8. The number of nitrogens with zero attached hydrogens (tertiary/aromatic N) is 4. The maximum atomic E-state index is 6.83. The molecule has 323 valence electrons. The summed E-state index contributed by atoms with van der Waals surface area (Å²) in [6.07, 6.45) is 3.91. The fourth-order valence-electron chi connectivity index (χ4n) is 8.83. The van der Waals surface area contributed by atoms with E-state index in [9.17, 15) is 0 Å². The van der Waals surface area contributed by atoms with E-state index in [2.05, 4.69) is 195 Å². The van der Waals surface area contributed by atoms with Gasteiger partial charge < -0.3 is 8.98 Å². The molecule has 0 unspecified atom stereocenters. The number of rotatable bonds is 7. The van der Waals surface area contributed by atoms with Crippen molar-refractivity contribution in [2.75, 3.05) is 0 Å². The molecule has 65 heavy (non-hydrogen) atoms. The van der Waals surface area contributed by atoms with Crippen molar-refractivity contribution >= 4 is 67.8 Å². The Hall–Kier alpha value is -6.50.